The van der Waals surface area contributed by atoms with Gasteiger partial charge in [0.25, 0.3) is 0 Å². The molecule has 224 valence electrons. The van der Waals surface area contributed by atoms with Crippen LogP contribution < -0.4 is 10.1 Å². The van der Waals surface area contributed by atoms with E-state index in [9.17, 15) is 22.4 Å². The number of nitrogens with one attached hydrogen (secondary N) is 1. The number of para-hydroxylation sites is 1. The van der Waals surface area contributed by atoms with Crippen LogP contribution in [0, 0.1) is 5.82 Å². The summed E-state index contributed by atoms with van der Waals surface area (Å²) in [6, 6.07) is 29.5. The van der Waals surface area contributed by atoms with Crippen LogP contribution in [0.5, 0.6) is 5.75 Å². The molecule has 0 spiro atoms. The molecule has 0 bridgehead atoms. The van der Waals surface area contributed by atoms with Crippen LogP contribution in [0.3, 0.4) is 0 Å². The predicted molar refractivity (Wildman–Crippen MR) is 163 cm³/mol. The fourth-order valence-corrected chi connectivity index (χ4v) is 5.39. The summed E-state index contributed by atoms with van der Waals surface area (Å²) in [6.45, 7) is -0.457. The van der Waals surface area contributed by atoms with Crippen molar-refractivity contribution < 1.29 is 27.1 Å². The first kappa shape index (κ1) is 31.4. The molecule has 1 atom stereocenters. The molecule has 0 fully saturated rings. The van der Waals surface area contributed by atoms with Crippen molar-refractivity contribution in [3.05, 3.63) is 137 Å². The van der Waals surface area contributed by atoms with Crippen LogP contribution in [0.15, 0.2) is 109 Å². The number of nitrogens with zero attached hydrogens (tertiary/aromatic N) is 2. The minimum atomic E-state index is -3.81. The number of carbonyl (C=O) groups is 2. The molecule has 0 radical (unpaired) electrons. The second-order valence-corrected chi connectivity index (χ2v) is 12.0. The average molecular weight is 604 g/mol. The van der Waals surface area contributed by atoms with E-state index in [1.165, 1.54) is 29.2 Å². The first-order valence-corrected chi connectivity index (χ1v) is 15.5. The third-order valence-corrected chi connectivity index (χ3v) is 8.09. The third kappa shape index (κ3) is 8.73. The zero-order chi connectivity index (χ0) is 30.8. The maximum Gasteiger partial charge on any atom is 0.247 e. The number of benzene rings is 4. The van der Waals surface area contributed by atoms with Gasteiger partial charge in [-0.05, 0) is 34.9 Å². The van der Waals surface area contributed by atoms with Crippen molar-refractivity contribution in [2.24, 2.45) is 0 Å². The number of rotatable bonds is 13. The highest BCUT2D eigenvalue weighted by molar-refractivity contribution is 7.88. The van der Waals surface area contributed by atoms with Crippen molar-refractivity contribution in [1.82, 2.24) is 14.5 Å². The number of hydrogen-bond acceptors (Lipinski definition) is 5. The van der Waals surface area contributed by atoms with E-state index in [0.717, 1.165) is 16.1 Å². The van der Waals surface area contributed by atoms with Gasteiger partial charge in [-0.2, -0.15) is 4.31 Å². The van der Waals surface area contributed by atoms with Gasteiger partial charge in [0.05, 0.1) is 19.9 Å². The summed E-state index contributed by atoms with van der Waals surface area (Å²) in [5.74, 6) is -0.904. The van der Waals surface area contributed by atoms with Crippen molar-refractivity contribution in [3.63, 3.8) is 0 Å². The number of amides is 2. The molecular formula is C33H34FN3O5S. The van der Waals surface area contributed by atoms with Crippen LogP contribution >= 0.6 is 0 Å². The topological polar surface area (TPSA) is 96.0 Å². The summed E-state index contributed by atoms with van der Waals surface area (Å²) < 4.78 is 45.8. The van der Waals surface area contributed by atoms with Gasteiger partial charge in [-0.25, -0.2) is 12.8 Å². The molecule has 2 amide bonds. The van der Waals surface area contributed by atoms with Crippen LogP contribution in [0.2, 0.25) is 0 Å². The molecule has 8 nitrogen and oxygen atoms in total. The Morgan fingerprint density at radius 1 is 0.814 bits per heavy atom. The lowest BCUT2D eigenvalue weighted by Crippen LogP contribution is -2.47. The molecule has 0 saturated carbocycles. The number of ether oxygens (including phenoxy) is 1. The third-order valence-electron chi connectivity index (χ3n) is 6.89. The van der Waals surface area contributed by atoms with Crippen molar-refractivity contribution in [1.29, 1.82) is 0 Å². The van der Waals surface area contributed by atoms with Crippen molar-refractivity contribution in [3.8, 4) is 5.75 Å². The molecule has 10 heteroatoms. The molecule has 0 saturated heterocycles. The summed E-state index contributed by atoms with van der Waals surface area (Å²) in [7, 11) is -2.27. The lowest BCUT2D eigenvalue weighted by molar-refractivity contribution is -0.141. The molecule has 4 rings (SSSR count). The van der Waals surface area contributed by atoms with Crippen LogP contribution in [0.25, 0.3) is 0 Å². The molecule has 0 heterocycles. The Morgan fingerprint density at radius 3 is 2.02 bits per heavy atom. The second-order valence-electron chi connectivity index (χ2n) is 10.0. The Kier molecular flexibility index (Phi) is 10.6. The summed E-state index contributed by atoms with van der Waals surface area (Å²) in [5.41, 5.74) is 2.55. The molecule has 1 N–H and O–H groups in total. The van der Waals surface area contributed by atoms with E-state index < -0.39 is 40.2 Å². The Hall–Kier alpha value is -4.54. The lowest BCUT2D eigenvalue weighted by Gasteiger charge is -2.33. The Balaban J connectivity index is 1.70. The largest absolute Gasteiger partial charge is 0.496 e. The summed E-state index contributed by atoms with van der Waals surface area (Å²) in [5, 5.41) is 2.92. The van der Waals surface area contributed by atoms with Gasteiger partial charge in [-0.15, -0.1) is 0 Å². The quantitative estimate of drug-likeness (QED) is 0.240. The molecular weight excluding hydrogens is 569 g/mol. The molecule has 4 aromatic carbocycles. The molecule has 0 aromatic heterocycles. The minimum absolute atomic E-state index is 0.0220. The highest BCUT2D eigenvalue weighted by Gasteiger charge is 2.34. The summed E-state index contributed by atoms with van der Waals surface area (Å²) in [4.78, 5) is 29.4. The van der Waals surface area contributed by atoms with E-state index >= 15 is 0 Å². The zero-order valence-corrected chi connectivity index (χ0v) is 24.8. The average Bonchev–Trinajstić information content (AvgIpc) is 3.01. The zero-order valence-electron chi connectivity index (χ0n) is 24.0. The highest BCUT2D eigenvalue weighted by atomic mass is 32.2. The van der Waals surface area contributed by atoms with Gasteiger partial charge in [0.2, 0.25) is 21.8 Å². The number of methoxy groups -OCH3 is 1. The Morgan fingerprint density at radius 2 is 1.40 bits per heavy atom. The van der Waals surface area contributed by atoms with Gasteiger partial charge in [-0.3, -0.25) is 9.59 Å². The van der Waals surface area contributed by atoms with Crippen molar-refractivity contribution in [2.45, 2.75) is 25.7 Å². The molecule has 4 aromatic rings. The van der Waals surface area contributed by atoms with E-state index in [-0.39, 0.29) is 19.6 Å². The molecule has 0 aliphatic heterocycles. The number of hydrogen-bond donors (Lipinski definition) is 1. The first-order valence-electron chi connectivity index (χ1n) is 13.6. The maximum absolute atomic E-state index is 14.1. The molecule has 0 aliphatic rings. The predicted octanol–water partition coefficient (Wildman–Crippen LogP) is 4.68. The van der Waals surface area contributed by atoms with Gasteiger partial charge < -0.3 is 15.0 Å². The van der Waals surface area contributed by atoms with Crippen LogP contribution in [0.1, 0.15) is 28.3 Å². The fraction of sp³-hybridized carbons (Fsp3) is 0.212. The number of halogens is 1. The smallest absolute Gasteiger partial charge is 0.247 e. The second kappa shape index (κ2) is 14.6. The van der Waals surface area contributed by atoms with Crippen molar-refractivity contribution in [2.75, 3.05) is 19.9 Å². The molecule has 43 heavy (non-hydrogen) atoms. The van der Waals surface area contributed by atoms with E-state index in [1.807, 2.05) is 24.3 Å². The summed E-state index contributed by atoms with van der Waals surface area (Å²) >= 11 is 0. The van der Waals surface area contributed by atoms with E-state index in [0.29, 0.717) is 22.4 Å². The monoisotopic (exact) mass is 603 g/mol. The lowest BCUT2D eigenvalue weighted by atomic mass is 10.0. The Labute approximate surface area is 251 Å². The molecule has 0 unspecified atom stereocenters. The number of sulfonamides is 1. The van der Waals surface area contributed by atoms with E-state index in [2.05, 4.69) is 5.32 Å². The highest BCUT2D eigenvalue weighted by Crippen LogP contribution is 2.26. The van der Waals surface area contributed by atoms with Crippen molar-refractivity contribution >= 4 is 21.8 Å². The SMILES string of the molecule is COc1ccccc1CNC(=O)[C@H](c1ccccc1)N(Cc1ccc(F)cc1)C(=O)CN(Cc1ccccc1)S(C)(=O)=O. The van der Waals surface area contributed by atoms with Gasteiger partial charge in [-0.1, -0.05) is 91.0 Å². The van der Waals surface area contributed by atoms with E-state index in [1.54, 1.807) is 67.8 Å². The van der Waals surface area contributed by atoms with Gasteiger partial charge in [0.1, 0.15) is 17.6 Å². The van der Waals surface area contributed by atoms with Crippen LogP contribution in [-0.4, -0.2) is 49.3 Å². The Bertz CT molecular complexity index is 1620. The van der Waals surface area contributed by atoms with Gasteiger partial charge in [0.15, 0.2) is 0 Å². The maximum atomic E-state index is 14.1. The summed E-state index contributed by atoms with van der Waals surface area (Å²) in [6.07, 6.45) is 1.04. The molecule has 0 aliphatic carbocycles. The van der Waals surface area contributed by atoms with Gasteiger partial charge in [0, 0.05) is 25.2 Å². The fourth-order valence-electron chi connectivity index (χ4n) is 4.67. The van der Waals surface area contributed by atoms with Crippen LogP contribution in [0.4, 0.5) is 4.39 Å². The van der Waals surface area contributed by atoms with Crippen LogP contribution in [-0.2, 0) is 39.2 Å². The minimum Gasteiger partial charge on any atom is -0.496 e. The van der Waals surface area contributed by atoms with E-state index in [4.69, 9.17) is 4.74 Å². The standard InChI is InChI=1S/C33H34FN3O5S/c1-42-30-16-10-9-15-28(30)21-35-33(39)32(27-13-7-4-8-14-27)37(23-26-17-19-29(34)20-18-26)31(38)24-36(43(2,40)41)22-25-11-5-3-6-12-25/h3-20,32H,21-24H2,1-2H3,(H,35,39)/t32-/m0/s1. The van der Waals surface area contributed by atoms with Gasteiger partial charge >= 0.3 is 0 Å². The first-order chi connectivity index (χ1) is 20.7. The number of carbonyl (C=O) groups excluding carboxylic acids is 2. The normalized spacial score (nSPS) is 12.0.